The first-order valence-corrected chi connectivity index (χ1v) is 6.94. The van der Waals surface area contributed by atoms with Gasteiger partial charge in [-0.3, -0.25) is 4.90 Å². The van der Waals surface area contributed by atoms with Crippen molar-refractivity contribution >= 4 is 0 Å². The van der Waals surface area contributed by atoms with Crippen molar-refractivity contribution in [2.45, 2.75) is 37.8 Å². The molecule has 1 aliphatic carbocycles. The number of hydrogen-bond acceptors (Lipinski definition) is 3. The minimum absolute atomic E-state index is 0.782. The van der Waals surface area contributed by atoms with Crippen LogP contribution in [0, 0.1) is 0 Å². The average molecular weight is 237 g/mol. The van der Waals surface area contributed by atoms with Gasteiger partial charge in [0.1, 0.15) is 0 Å². The van der Waals surface area contributed by atoms with Crippen molar-refractivity contribution in [3.8, 4) is 0 Å². The third-order valence-electron chi connectivity index (χ3n) is 3.95. The van der Waals surface area contributed by atoms with Gasteiger partial charge in [0.25, 0.3) is 0 Å². The summed E-state index contributed by atoms with van der Waals surface area (Å²) >= 11 is 0. The van der Waals surface area contributed by atoms with Crippen molar-refractivity contribution in [2.24, 2.45) is 0 Å². The second-order valence-corrected chi connectivity index (χ2v) is 5.88. The molecule has 2 fully saturated rings. The Hall–Kier alpha value is -0.380. The molecule has 0 spiro atoms. The molecule has 0 amide bonds. The van der Waals surface area contributed by atoms with E-state index in [4.69, 9.17) is 0 Å². The fourth-order valence-corrected chi connectivity index (χ4v) is 2.54. The van der Waals surface area contributed by atoms with E-state index in [9.17, 15) is 0 Å². The molecule has 3 nitrogen and oxygen atoms in total. The molecule has 1 N–H and O–H groups in total. The van der Waals surface area contributed by atoms with Crippen LogP contribution in [0.5, 0.6) is 0 Å². The van der Waals surface area contributed by atoms with E-state index in [1.165, 1.54) is 44.3 Å². The van der Waals surface area contributed by atoms with Gasteiger partial charge in [-0.1, -0.05) is 6.58 Å². The zero-order valence-electron chi connectivity index (χ0n) is 11.4. The van der Waals surface area contributed by atoms with Crippen LogP contribution in [-0.2, 0) is 0 Å². The van der Waals surface area contributed by atoms with Gasteiger partial charge in [0, 0.05) is 25.2 Å². The van der Waals surface area contributed by atoms with Crippen LogP contribution in [-0.4, -0.2) is 62.2 Å². The first-order valence-electron chi connectivity index (χ1n) is 6.94. The fraction of sp³-hybridized carbons (Fsp3) is 0.857. The van der Waals surface area contributed by atoms with Gasteiger partial charge in [0.15, 0.2) is 0 Å². The lowest BCUT2D eigenvalue weighted by Gasteiger charge is -2.35. The molecule has 0 bridgehead atoms. The summed E-state index contributed by atoms with van der Waals surface area (Å²) in [4.78, 5) is 4.91. The molecule has 1 heterocycles. The van der Waals surface area contributed by atoms with E-state index >= 15 is 0 Å². The van der Waals surface area contributed by atoms with Gasteiger partial charge in [-0.05, 0) is 58.4 Å². The number of nitrogens with zero attached hydrogens (tertiary/aromatic N) is 2. The highest BCUT2D eigenvalue weighted by molar-refractivity contribution is 5.02. The van der Waals surface area contributed by atoms with E-state index < -0.39 is 0 Å². The van der Waals surface area contributed by atoms with E-state index in [-0.39, 0.29) is 0 Å². The topological polar surface area (TPSA) is 18.5 Å². The molecule has 1 saturated heterocycles. The van der Waals surface area contributed by atoms with Crippen LogP contribution < -0.4 is 5.32 Å². The molecule has 0 aromatic heterocycles. The van der Waals surface area contributed by atoms with E-state index in [1.54, 1.807) is 0 Å². The maximum atomic E-state index is 4.19. The Morgan fingerprint density at radius 1 is 1.24 bits per heavy atom. The Morgan fingerprint density at radius 2 is 1.88 bits per heavy atom. The largest absolute Gasteiger partial charge is 0.310 e. The third-order valence-corrected chi connectivity index (χ3v) is 3.95. The van der Waals surface area contributed by atoms with Crippen LogP contribution in [0.2, 0.25) is 0 Å². The molecule has 2 aliphatic rings. The van der Waals surface area contributed by atoms with Gasteiger partial charge in [-0.25, -0.2) is 0 Å². The molecule has 0 aromatic carbocycles. The Balaban J connectivity index is 1.61. The molecular formula is C14H27N3. The fourth-order valence-electron chi connectivity index (χ4n) is 2.54. The zero-order chi connectivity index (χ0) is 12.3. The van der Waals surface area contributed by atoms with E-state index in [0.717, 1.165) is 25.2 Å². The summed E-state index contributed by atoms with van der Waals surface area (Å²) in [7, 11) is 4.39. The monoisotopic (exact) mass is 237 g/mol. The van der Waals surface area contributed by atoms with Gasteiger partial charge >= 0.3 is 0 Å². The zero-order valence-corrected chi connectivity index (χ0v) is 11.4. The number of nitrogens with one attached hydrogen (secondary N) is 1. The minimum Gasteiger partial charge on any atom is -0.310 e. The number of piperidine rings is 1. The predicted octanol–water partition coefficient (Wildman–Crippen LogP) is 1.32. The van der Waals surface area contributed by atoms with E-state index in [1.807, 2.05) is 0 Å². The molecule has 0 aromatic rings. The highest BCUT2D eigenvalue weighted by atomic mass is 15.2. The minimum atomic E-state index is 0.782. The summed E-state index contributed by atoms with van der Waals surface area (Å²) in [5.74, 6) is 0. The number of likely N-dealkylation sites (tertiary alicyclic amines) is 1. The van der Waals surface area contributed by atoms with Crippen LogP contribution in [0.4, 0.5) is 0 Å². The molecule has 2 rings (SSSR count). The Bertz CT molecular complexity index is 250. The Kier molecular flexibility index (Phi) is 4.60. The average Bonchev–Trinajstić information content (AvgIpc) is 3.11. The van der Waals surface area contributed by atoms with Crippen molar-refractivity contribution in [2.75, 3.05) is 40.3 Å². The molecular weight excluding hydrogens is 210 g/mol. The van der Waals surface area contributed by atoms with Crippen molar-refractivity contribution in [1.82, 2.24) is 15.1 Å². The normalized spacial score (nSPS) is 23.2. The first kappa shape index (κ1) is 13.1. The lowest BCUT2D eigenvalue weighted by atomic mass is 10.0. The van der Waals surface area contributed by atoms with Crippen molar-refractivity contribution in [1.29, 1.82) is 0 Å². The maximum absolute atomic E-state index is 4.19. The molecule has 0 atom stereocenters. The predicted molar refractivity (Wildman–Crippen MR) is 73.3 cm³/mol. The highest BCUT2D eigenvalue weighted by Gasteiger charge is 2.22. The first-order chi connectivity index (χ1) is 8.15. The van der Waals surface area contributed by atoms with E-state index in [0.29, 0.717) is 0 Å². The van der Waals surface area contributed by atoms with Gasteiger partial charge in [0.05, 0.1) is 0 Å². The molecule has 3 heteroatoms. The summed E-state index contributed by atoms with van der Waals surface area (Å²) in [6.07, 6.45) is 5.33. The second kappa shape index (κ2) is 5.98. The van der Waals surface area contributed by atoms with Crippen LogP contribution >= 0.6 is 0 Å². The van der Waals surface area contributed by atoms with Crippen LogP contribution in [0.3, 0.4) is 0 Å². The highest BCUT2D eigenvalue weighted by Crippen LogP contribution is 2.19. The number of rotatable bonds is 6. The Labute approximate surface area is 106 Å². The standard InChI is InChI=1S/C14H27N3/c1-12(10-15-13-4-5-13)11-17-8-6-14(7-9-17)16(2)3/h13-15H,1,4-11H2,2-3H3. The summed E-state index contributed by atoms with van der Waals surface area (Å²) in [6.45, 7) is 8.74. The summed E-state index contributed by atoms with van der Waals surface area (Å²) in [5.41, 5.74) is 1.35. The molecule has 0 unspecified atom stereocenters. The SMILES string of the molecule is C=C(CNC1CC1)CN1CCC(N(C)C)CC1. The van der Waals surface area contributed by atoms with Crippen LogP contribution in [0.1, 0.15) is 25.7 Å². The van der Waals surface area contributed by atoms with Crippen molar-refractivity contribution in [3.63, 3.8) is 0 Å². The second-order valence-electron chi connectivity index (χ2n) is 5.88. The van der Waals surface area contributed by atoms with Gasteiger partial charge in [-0.2, -0.15) is 0 Å². The van der Waals surface area contributed by atoms with E-state index in [2.05, 4.69) is 35.8 Å². The smallest absolute Gasteiger partial charge is 0.0202 e. The molecule has 1 saturated carbocycles. The molecule has 1 aliphatic heterocycles. The van der Waals surface area contributed by atoms with Crippen molar-refractivity contribution < 1.29 is 0 Å². The molecule has 17 heavy (non-hydrogen) atoms. The molecule has 98 valence electrons. The Morgan fingerprint density at radius 3 is 2.41 bits per heavy atom. The maximum Gasteiger partial charge on any atom is 0.0202 e. The van der Waals surface area contributed by atoms with Crippen molar-refractivity contribution in [3.05, 3.63) is 12.2 Å². The lowest BCUT2D eigenvalue weighted by Crippen LogP contribution is -2.43. The van der Waals surface area contributed by atoms with Crippen LogP contribution in [0.25, 0.3) is 0 Å². The van der Waals surface area contributed by atoms with Crippen LogP contribution in [0.15, 0.2) is 12.2 Å². The molecule has 0 radical (unpaired) electrons. The summed E-state index contributed by atoms with van der Waals surface area (Å²) in [5, 5.41) is 3.54. The summed E-state index contributed by atoms with van der Waals surface area (Å²) in [6, 6.07) is 1.58. The van der Waals surface area contributed by atoms with Gasteiger partial charge in [0.2, 0.25) is 0 Å². The number of hydrogen-bond donors (Lipinski definition) is 1. The summed E-state index contributed by atoms with van der Waals surface area (Å²) < 4.78 is 0. The van der Waals surface area contributed by atoms with Gasteiger partial charge < -0.3 is 10.2 Å². The third kappa shape index (κ3) is 4.41. The quantitative estimate of drug-likeness (QED) is 0.703. The van der Waals surface area contributed by atoms with Gasteiger partial charge in [-0.15, -0.1) is 0 Å². The lowest BCUT2D eigenvalue weighted by molar-refractivity contribution is 0.152.